The standard InChI is InChI=1S/C16H25NO2/c17-9-11-1-3-12(4-2-11)10-19-16(18)15-8-13-5-6-14(15)7-13/h5-6,11-15H,1-4,7-10,17H2. The maximum atomic E-state index is 12.1. The second kappa shape index (κ2) is 5.66. The van der Waals surface area contributed by atoms with Gasteiger partial charge in [0.15, 0.2) is 0 Å². The van der Waals surface area contributed by atoms with Crippen LogP contribution in [0.25, 0.3) is 0 Å². The van der Waals surface area contributed by atoms with E-state index in [1.54, 1.807) is 0 Å². The predicted molar refractivity (Wildman–Crippen MR) is 74.3 cm³/mol. The van der Waals surface area contributed by atoms with E-state index in [0.29, 0.717) is 30.3 Å². The first kappa shape index (κ1) is 13.2. The largest absolute Gasteiger partial charge is 0.465 e. The molecule has 0 aromatic heterocycles. The molecule has 3 unspecified atom stereocenters. The summed E-state index contributed by atoms with van der Waals surface area (Å²) in [6.07, 6.45) is 11.4. The Bertz CT molecular complexity index is 358. The van der Waals surface area contributed by atoms with E-state index in [0.717, 1.165) is 13.0 Å². The molecule has 0 saturated heterocycles. The molecule has 106 valence electrons. The first-order chi connectivity index (χ1) is 9.26. The first-order valence-electron chi connectivity index (χ1n) is 7.81. The number of esters is 1. The zero-order chi connectivity index (χ0) is 13.2. The summed E-state index contributed by atoms with van der Waals surface area (Å²) in [5.41, 5.74) is 5.70. The minimum absolute atomic E-state index is 0.0535. The van der Waals surface area contributed by atoms with Crippen LogP contribution in [-0.2, 0) is 9.53 Å². The molecule has 0 heterocycles. The highest BCUT2D eigenvalue weighted by molar-refractivity contribution is 5.74. The maximum absolute atomic E-state index is 12.1. The third-order valence-corrected chi connectivity index (χ3v) is 5.34. The number of nitrogens with two attached hydrogens (primary N) is 1. The Kier molecular flexibility index (Phi) is 3.92. The Morgan fingerprint density at radius 1 is 1.11 bits per heavy atom. The predicted octanol–water partition coefficient (Wildman–Crippen LogP) is 2.51. The lowest BCUT2D eigenvalue weighted by molar-refractivity contribution is -0.151. The zero-order valence-corrected chi connectivity index (χ0v) is 11.6. The molecule has 0 aliphatic heterocycles. The van der Waals surface area contributed by atoms with Crippen molar-refractivity contribution in [3.05, 3.63) is 12.2 Å². The van der Waals surface area contributed by atoms with Gasteiger partial charge in [-0.05, 0) is 68.7 Å². The second-order valence-corrected chi connectivity index (χ2v) is 6.64. The van der Waals surface area contributed by atoms with Crippen molar-refractivity contribution >= 4 is 5.97 Å². The summed E-state index contributed by atoms with van der Waals surface area (Å²) in [5.74, 6) is 2.57. The van der Waals surface area contributed by atoms with Gasteiger partial charge in [0.2, 0.25) is 0 Å². The van der Waals surface area contributed by atoms with Gasteiger partial charge in [-0.1, -0.05) is 12.2 Å². The number of ether oxygens (including phenoxy) is 1. The highest BCUT2D eigenvalue weighted by Crippen LogP contribution is 2.44. The molecular weight excluding hydrogens is 238 g/mol. The van der Waals surface area contributed by atoms with Crippen LogP contribution in [0, 0.1) is 29.6 Å². The lowest BCUT2D eigenvalue weighted by Crippen LogP contribution is -2.27. The van der Waals surface area contributed by atoms with Crippen LogP contribution in [0.2, 0.25) is 0 Å². The number of carbonyl (C=O) groups excluding carboxylic acids is 1. The molecule has 0 radical (unpaired) electrons. The Morgan fingerprint density at radius 2 is 1.84 bits per heavy atom. The minimum Gasteiger partial charge on any atom is -0.465 e. The molecular formula is C16H25NO2. The molecule has 3 rings (SSSR count). The highest BCUT2D eigenvalue weighted by Gasteiger charge is 2.40. The van der Waals surface area contributed by atoms with E-state index in [4.69, 9.17) is 10.5 Å². The second-order valence-electron chi connectivity index (χ2n) is 6.64. The molecule has 2 N–H and O–H groups in total. The lowest BCUT2D eigenvalue weighted by Gasteiger charge is -2.27. The summed E-state index contributed by atoms with van der Waals surface area (Å²) < 4.78 is 5.58. The van der Waals surface area contributed by atoms with Crippen molar-refractivity contribution in [2.75, 3.05) is 13.2 Å². The number of hydrogen-bond donors (Lipinski definition) is 1. The zero-order valence-electron chi connectivity index (χ0n) is 11.6. The average Bonchev–Trinajstić information content (AvgIpc) is 3.08. The van der Waals surface area contributed by atoms with Gasteiger partial charge in [0.05, 0.1) is 12.5 Å². The van der Waals surface area contributed by atoms with E-state index in [9.17, 15) is 4.79 Å². The summed E-state index contributed by atoms with van der Waals surface area (Å²) in [6.45, 7) is 1.44. The van der Waals surface area contributed by atoms with Crippen LogP contribution in [0.5, 0.6) is 0 Å². The van der Waals surface area contributed by atoms with Crippen molar-refractivity contribution < 1.29 is 9.53 Å². The summed E-state index contributed by atoms with van der Waals surface area (Å²) in [7, 11) is 0. The molecule has 3 aliphatic carbocycles. The first-order valence-corrected chi connectivity index (χ1v) is 7.81. The molecule has 3 atom stereocenters. The van der Waals surface area contributed by atoms with Crippen LogP contribution in [0.1, 0.15) is 38.5 Å². The van der Waals surface area contributed by atoms with Crippen LogP contribution in [-0.4, -0.2) is 19.1 Å². The normalized spacial score (nSPS) is 40.6. The number of allylic oxidation sites excluding steroid dienone is 2. The average molecular weight is 263 g/mol. The number of carbonyl (C=O) groups is 1. The quantitative estimate of drug-likeness (QED) is 0.626. The fraction of sp³-hybridized carbons (Fsp3) is 0.812. The van der Waals surface area contributed by atoms with Crippen molar-refractivity contribution in [2.45, 2.75) is 38.5 Å². The van der Waals surface area contributed by atoms with E-state index in [1.165, 1.54) is 32.1 Å². The molecule has 0 aromatic carbocycles. The lowest BCUT2D eigenvalue weighted by atomic mass is 9.82. The molecule has 19 heavy (non-hydrogen) atoms. The van der Waals surface area contributed by atoms with Crippen LogP contribution >= 0.6 is 0 Å². The summed E-state index contributed by atoms with van der Waals surface area (Å²) in [4.78, 5) is 12.1. The molecule has 3 heteroatoms. The van der Waals surface area contributed by atoms with Gasteiger partial charge in [0, 0.05) is 0 Å². The van der Waals surface area contributed by atoms with Crippen LogP contribution < -0.4 is 5.73 Å². The molecule has 2 saturated carbocycles. The Morgan fingerprint density at radius 3 is 2.42 bits per heavy atom. The number of rotatable bonds is 4. The van der Waals surface area contributed by atoms with Gasteiger partial charge >= 0.3 is 5.97 Å². The van der Waals surface area contributed by atoms with E-state index in [1.807, 2.05) is 0 Å². The SMILES string of the molecule is NCC1CCC(COC(=O)C2CC3C=CC2C3)CC1. The fourth-order valence-corrected chi connectivity index (χ4v) is 3.99. The van der Waals surface area contributed by atoms with Crippen molar-refractivity contribution in [3.63, 3.8) is 0 Å². The van der Waals surface area contributed by atoms with Gasteiger partial charge in [0.25, 0.3) is 0 Å². The summed E-state index contributed by atoms with van der Waals surface area (Å²) in [5, 5.41) is 0. The molecule has 0 aromatic rings. The van der Waals surface area contributed by atoms with Crippen LogP contribution in [0.4, 0.5) is 0 Å². The topological polar surface area (TPSA) is 52.3 Å². The van der Waals surface area contributed by atoms with Gasteiger partial charge < -0.3 is 10.5 Å². The third kappa shape index (κ3) is 2.86. The van der Waals surface area contributed by atoms with Gasteiger partial charge in [-0.15, -0.1) is 0 Å². The van der Waals surface area contributed by atoms with Gasteiger partial charge in [0.1, 0.15) is 0 Å². The van der Waals surface area contributed by atoms with Crippen LogP contribution in [0.15, 0.2) is 12.2 Å². The van der Waals surface area contributed by atoms with E-state index >= 15 is 0 Å². The fourth-order valence-electron chi connectivity index (χ4n) is 3.99. The highest BCUT2D eigenvalue weighted by atomic mass is 16.5. The Labute approximate surface area is 115 Å². The molecule has 3 nitrogen and oxygen atoms in total. The third-order valence-electron chi connectivity index (χ3n) is 5.34. The van der Waals surface area contributed by atoms with Gasteiger partial charge in [-0.25, -0.2) is 0 Å². The molecule has 2 fully saturated rings. The Hall–Kier alpha value is -0.830. The van der Waals surface area contributed by atoms with E-state index in [2.05, 4.69) is 12.2 Å². The van der Waals surface area contributed by atoms with E-state index < -0.39 is 0 Å². The van der Waals surface area contributed by atoms with Crippen molar-refractivity contribution in [2.24, 2.45) is 35.3 Å². The summed E-state index contributed by atoms with van der Waals surface area (Å²) in [6, 6.07) is 0. The Balaban J connectivity index is 1.41. The summed E-state index contributed by atoms with van der Waals surface area (Å²) >= 11 is 0. The molecule has 0 amide bonds. The molecule has 0 spiro atoms. The van der Waals surface area contributed by atoms with Crippen molar-refractivity contribution in [3.8, 4) is 0 Å². The molecule has 2 bridgehead atoms. The van der Waals surface area contributed by atoms with Gasteiger partial charge in [-0.2, -0.15) is 0 Å². The number of fused-ring (bicyclic) bond motifs is 2. The van der Waals surface area contributed by atoms with Crippen molar-refractivity contribution in [1.29, 1.82) is 0 Å². The smallest absolute Gasteiger partial charge is 0.309 e. The maximum Gasteiger partial charge on any atom is 0.309 e. The monoisotopic (exact) mass is 263 g/mol. The van der Waals surface area contributed by atoms with Crippen LogP contribution in [0.3, 0.4) is 0 Å². The van der Waals surface area contributed by atoms with E-state index in [-0.39, 0.29) is 11.9 Å². The molecule has 3 aliphatic rings. The van der Waals surface area contributed by atoms with Crippen molar-refractivity contribution in [1.82, 2.24) is 0 Å². The van der Waals surface area contributed by atoms with Gasteiger partial charge in [-0.3, -0.25) is 4.79 Å². The number of hydrogen-bond acceptors (Lipinski definition) is 3. The minimum atomic E-state index is 0.0535.